The van der Waals surface area contributed by atoms with Gasteiger partial charge in [0.05, 0.1) is 0 Å². The molecule has 1 N–H and O–H groups in total. The van der Waals surface area contributed by atoms with Crippen molar-refractivity contribution in [1.29, 1.82) is 0 Å². The summed E-state index contributed by atoms with van der Waals surface area (Å²) in [6.45, 7) is 7.74. The zero-order chi connectivity index (χ0) is 19.2. The zero-order valence-electron chi connectivity index (χ0n) is 18.0. The van der Waals surface area contributed by atoms with Gasteiger partial charge in [0, 0.05) is 6.42 Å². The molecule has 2 heteroatoms. The van der Waals surface area contributed by atoms with E-state index >= 15 is 0 Å². The van der Waals surface area contributed by atoms with Crippen molar-refractivity contribution in [3.05, 3.63) is 0 Å². The van der Waals surface area contributed by atoms with Gasteiger partial charge in [0.25, 0.3) is 0 Å². The molecular weight excluding hydrogens is 332 g/mol. The van der Waals surface area contributed by atoms with Crippen molar-refractivity contribution in [1.82, 2.24) is 0 Å². The first-order valence-corrected chi connectivity index (χ1v) is 12.1. The molecule has 0 heterocycles. The first kappa shape index (κ1) is 19.8. The molecule has 4 fully saturated rings. The Hall–Kier alpha value is -0.530. The third-order valence-corrected chi connectivity index (χ3v) is 10.4. The number of hydrogen-bond acceptors (Lipinski definition) is 1. The van der Waals surface area contributed by atoms with Crippen molar-refractivity contribution in [2.24, 2.45) is 46.3 Å². The number of hydrogen-bond donors (Lipinski definition) is 1. The highest BCUT2D eigenvalue weighted by Gasteiger charge is 2.60. The lowest BCUT2D eigenvalue weighted by molar-refractivity contribution is -0.138. The summed E-state index contributed by atoms with van der Waals surface area (Å²) in [6.07, 6.45) is 16.9. The van der Waals surface area contributed by atoms with Gasteiger partial charge in [-0.2, -0.15) is 0 Å². The molecule has 0 aromatic rings. The van der Waals surface area contributed by atoms with Gasteiger partial charge in [-0.15, -0.1) is 0 Å². The van der Waals surface area contributed by atoms with Gasteiger partial charge in [-0.3, -0.25) is 4.79 Å². The van der Waals surface area contributed by atoms with E-state index in [0.29, 0.717) is 17.3 Å². The second-order valence-corrected chi connectivity index (χ2v) is 11.2. The lowest BCUT2D eigenvalue weighted by Gasteiger charge is -2.62. The van der Waals surface area contributed by atoms with Crippen LogP contribution in [0.25, 0.3) is 0 Å². The number of rotatable bonds is 5. The van der Waals surface area contributed by atoms with Crippen LogP contribution < -0.4 is 0 Å². The molecule has 0 bridgehead atoms. The summed E-state index contributed by atoms with van der Waals surface area (Å²) in [7, 11) is 0. The van der Waals surface area contributed by atoms with E-state index in [4.69, 9.17) is 5.11 Å². The molecule has 4 rings (SSSR count). The topological polar surface area (TPSA) is 37.3 Å². The zero-order valence-corrected chi connectivity index (χ0v) is 18.0. The summed E-state index contributed by atoms with van der Waals surface area (Å²) in [4.78, 5) is 11.0. The SMILES string of the molecule is CC[C@H]1C[C@H]2C3CCC(CCCC(=O)O)[C@@]3(C)CCC2[C@@]2(C)CCCC[C@@H]12. The number of carboxylic acid groups (broad SMARTS) is 1. The monoisotopic (exact) mass is 374 g/mol. The maximum absolute atomic E-state index is 11.0. The second kappa shape index (κ2) is 7.38. The summed E-state index contributed by atoms with van der Waals surface area (Å²) < 4.78 is 0. The maximum Gasteiger partial charge on any atom is 0.303 e. The van der Waals surface area contributed by atoms with Crippen LogP contribution in [0, 0.1) is 46.3 Å². The molecule has 0 aromatic carbocycles. The van der Waals surface area contributed by atoms with Gasteiger partial charge < -0.3 is 5.11 Å². The van der Waals surface area contributed by atoms with Crippen LogP contribution in [0.4, 0.5) is 0 Å². The van der Waals surface area contributed by atoms with E-state index in [0.717, 1.165) is 48.3 Å². The lowest BCUT2D eigenvalue weighted by atomic mass is 9.42. The predicted molar refractivity (Wildman–Crippen MR) is 110 cm³/mol. The van der Waals surface area contributed by atoms with E-state index in [-0.39, 0.29) is 0 Å². The van der Waals surface area contributed by atoms with Crippen LogP contribution >= 0.6 is 0 Å². The Kier molecular flexibility index (Phi) is 5.40. The molecule has 3 unspecified atom stereocenters. The standard InChI is InChI=1S/C25H42O2/c1-4-17-16-19-21-12-11-18(8-7-10-23(26)27)24(21,2)15-13-22(19)25(3)14-6-5-9-20(17)25/h17-22H,4-16H2,1-3H3,(H,26,27)/t17-,18?,19-,20-,21?,22?,24+,25-/m0/s1. The van der Waals surface area contributed by atoms with Gasteiger partial charge in [0.2, 0.25) is 0 Å². The van der Waals surface area contributed by atoms with E-state index in [1.807, 2.05) is 0 Å². The van der Waals surface area contributed by atoms with Crippen molar-refractivity contribution in [3.8, 4) is 0 Å². The minimum atomic E-state index is -0.618. The van der Waals surface area contributed by atoms with Crippen molar-refractivity contribution in [2.75, 3.05) is 0 Å². The smallest absolute Gasteiger partial charge is 0.303 e. The van der Waals surface area contributed by atoms with Gasteiger partial charge >= 0.3 is 5.97 Å². The van der Waals surface area contributed by atoms with Crippen LogP contribution in [0.5, 0.6) is 0 Å². The summed E-state index contributed by atoms with van der Waals surface area (Å²) in [5.74, 6) is 4.96. The molecule has 4 aliphatic carbocycles. The second-order valence-electron chi connectivity index (χ2n) is 11.2. The minimum Gasteiger partial charge on any atom is -0.481 e. The fraction of sp³-hybridized carbons (Fsp3) is 0.960. The highest BCUT2D eigenvalue weighted by Crippen LogP contribution is 2.69. The van der Waals surface area contributed by atoms with Crippen molar-refractivity contribution >= 4 is 5.97 Å². The highest BCUT2D eigenvalue weighted by molar-refractivity contribution is 5.66. The largest absolute Gasteiger partial charge is 0.481 e. The summed E-state index contributed by atoms with van der Waals surface area (Å²) >= 11 is 0. The van der Waals surface area contributed by atoms with Crippen molar-refractivity contribution in [3.63, 3.8) is 0 Å². The third kappa shape index (κ3) is 3.18. The van der Waals surface area contributed by atoms with E-state index in [1.54, 1.807) is 0 Å². The first-order valence-electron chi connectivity index (χ1n) is 12.1. The minimum absolute atomic E-state index is 0.362. The Labute approximate surface area is 166 Å². The van der Waals surface area contributed by atoms with E-state index in [2.05, 4.69) is 20.8 Å². The number of fused-ring (bicyclic) bond motifs is 5. The summed E-state index contributed by atoms with van der Waals surface area (Å²) in [5.41, 5.74) is 1.11. The van der Waals surface area contributed by atoms with Crippen LogP contribution in [0.15, 0.2) is 0 Å². The Bertz CT molecular complexity index is 557. The molecule has 27 heavy (non-hydrogen) atoms. The van der Waals surface area contributed by atoms with Gasteiger partial charge in [-0.05, 0) is 104 Å². The van der Waals surface area contributed by atoms with Gasteiger partial charge in [0.15, 0.2) is 0 Å². The Morgan fingerprint density at radius 2 is 1.74 bits per heavy atom. The number of carbonyl (C=O) groups is 1. The van der Waals surface area contributed by atoms with Gasteiger partial charge in [-0.1, -0.05) is 40.0 Å². The molecule has 0 amide bonds. The van der Waals surface area contributed by atoms with Gasteiger partial charge in [-0.25, -0.2) is 0 Å². The summed E-state index contributed by atoms with van der Waals surface area (Å²) in [6, 6.07) is 0. The Balaban J connectivity index is 1.54. The van der Waals surface area contributed by atoms with E-state index < -0.39 is 5.97 Å². The fourth-order valence-electron chi connectivity index (χ4n) is 9.10. The Morgan fingerprint density at radius 1 is 0.963 bits per heavy atom. The third-order valence-electron chi connectivity index (χ3n) is 10.4. The molecule has 4 saturated carbocycles. The number of carboxylic acids is 1. The van der Waals surface area contributed by atoms with E-state index in [9.17, 15) is 4.79 Å². The molecule has 0 saturated heterocycles. The normalized spacial score (nSPS) is 49.1. The van der Waals surface area contributed by atoms with Crippen LogP contribution in [-0.4, -0.2) is 11.1 Å². The predicted octanol–water partition coefficient (Wildman–Crippen LogP) is 6.93. The number of aliphatic carboxylic acids is 1. The molecule has 8 atom stereocenters. The van der Waals surface area contributed by atoms with Crippen LogP contribution in [0.1, 0.15) is 104 Å². The van der Waals surface area contributed by atoms with E-state index in [1.165, 1.54) is 64.2 Å². The highest BCUT2D eigenvalue weighted by atomic mass is 16.4. The van der Waals surface area contributed by atoms with Crippen molar-refractivity contribution < 1.29 is 9.90 Å². The summed E-state index contributed by atoms with van der Waals surface area (Å²) in [5, 5.41) is 9.03. The lowest BCUT2D eigenvalue weighted by Crippen LogP contribution is -2.55. The Morgan fingerprint density at radius 3 is 2.48 bits per heavy atom. The van der Waals surface area contributed by atoms with Crippen molar-refractivity contribution in [2.45, 2.75) is 104 Å². The average molecular weight is 375 g/mol. The molecule has 0 aliphatic heterocycles. The first-order chi connectivity index (χ1) is 12.9. The van der Waals surface area contributed by atoms with Crippen LogP contribution in [0.2, 0.25) is 0 Å². The fourth-order valence-corrected chi connectivity index (χ4v) is 9.10. The van der Waals surface area contributed by atoms with Gasteiger partial charge in [0.1, 0.15) is 0 Å². The molecule has 0 radical (unpaired) electrons. The van der Waals surface area contributed by atoms with Crippen LogP contribution in [0.3, 0.4) is 0 Å². The van der Waals surface area contributed by atoms with Crippen LogP contribution in [-0.2, 0) is 4.79 Å². The average Bonchev–Trinajstić information content (AvgIpc) is 2.97. The molecule has 2 nitrogen and oxygen atoms in total. The molecule has 154 valence electrons. The molecule has 4 aliphatic rings. The quantitative estimate of drug-likeness (QED) is 0.566. The molecule has 0 aromatic heterocycles. The maximum atomic E-state index is 11.0. The molecule has 0 spiro atoms. The molecular formula is C25H42O2.